The average Bonchev–Trinajstić information content (AvgIpc) is 3.46. The van der Waals surface area contributed by atoms with Crippen molar-refractivity contribution in [2.24, 2.45) is 0 Å². The summed E-state index contributed by atoms with van der Waals surface area (Å²) in [6, 6.07) is 4.45. The molecule has 4 heterocycles. The van der Waals surface area contributed by atoms with Crippen LogP contribution >= 0.6 is 0 Å². The second-order valence-corrected chi connectivity index (χ2v) is 8.85. The minimum Gasteiger partial charge on any atom is -0.368 e. The lowest BCUT2D eigenvalue weighted by molar-refractivity contribution is -0.0366. The van der Waals surface area contributed by atoms with E-state index in [0.29, 0.717) is 27.9 Å². The Kier molecular flexibility index (Phi) is 5.79. The number of benzene rings is 1. The van der Waals surface area contributed by atoms with Crippen molar-refractivity contribution in [1.82, 2.24) is 34.5 Å². The summed E-state index contributed by atoms with van der Waals surface area (Å²) in [4.78, 5) is 12.6. The average molecular weight is 487 g/mol. The molecule has 1 aliphatic heterocycles. The van der Waals surface area contributed by atoms with E-state index in [1.165, 1.54) is 18.3 Å². The fraction of sp³-hybridized carbons (Fsp3) is 0.409. The summed E-state index contributed by atoms with van der Waals surface area (Å²) in [5.41, 5.74) is 6.10. The van der Waals surface area contributed by atoms with Gasteiger partial charge in [-0.15, -0.1) is 0 Å². The first-order valence-corrected chi connectivity index (χ1v) is 11.1. The zero-order valence-corrected chi connectivity index (χ0v) is 19.1. The van der Waals surface area contributed by atoms with Crippen LogP contribution in [0.15, 0.2) is 30.6 Å². The SMILES string of the molecule is CC(C)(Nc1nc(N)nc(-c2cc3c(cnn3C3CCCCO3)cc2F)n1)c1ccn(C(F)F)n1. The monoisotopic (exact) mass is 487 g/mol. The highest BCUT2D eigenvalue weighted by Gasteiger charge is 2.27. The molecule has 1 aromatic carbocycles. The molecule has 184 valence electrons. The molecule has 3 N–H and O–H groups in total. The summed E-state index contributed by atoms with van der Waals surface area (Å²) in [6.07, 6.45) is 5.37. The molecule has 0 radical (unpaired) electrons. The van der Waals surface area contributed by atoms with E-state index in [2.05, 4.69) is 30.5 Å². The quantitative estimate of drug-likeness (QED) is 0.414. The summed E-state index contributed by atoms with van der Waals surface area (Å²) in [5.74, 6) is -0.610. The number of rotatable bonds is 6. The number of hydrogen-bond acceptors (Lipinski definition) is 8. The van der Waals surface area contributed by atoms with Crippen LogP contribution in [0.1, 0.15) is 51.6 Å². The Labute approximate surface area is 198 Å². The van der Waals surface area contributed by atoms with E-state index in [0.717, 1.165) is 19.3 Å². The van der Waals surface area contributed by atoms with Crippen LogP contribution < -0.4 is 11.1 Å². The van der Waals surface area contributed by atoms with Gasteiger partial charge in [0.25, 0.3) is 0 Å². The predicted molar refractivity (Wildman–Crippen MR) is 122 cm³/mol. The number of ether oxygens (including phenoxy) is 1. The first-order valence-electron chi connectivity index (χ1n) is 11.1. The molecule has 1 fully saturated rings. The summed E-state index contributed by atoms with van der Waals surface area (Å²) in [6.45, 7) is 1.33. The molecule has 13 heteroatoms. The number of alkyl halides is 2. The smallest absolute Gasteiger partial charge is 0.333 e. The van der Waals surface area contributed by atoms with Crippen molar-refractivity contribution < 1.29 is 17.9 Å². The summed E-state index contributed by atoms with van der Waals surface area (Å²) >= 11 is 0. The predicted octanol–water partition coefficient (Wildman–Crippen LogP) is 4.25. The Balaban J connectivity index is 1.50. The fourth-order valence-electron chi connectivity index (χ4n) is 4.08. The van der Waals surface area contributed by atoms with Crippen molar-refractivity contribution in [3.63, 3.8) is 0 Å². The van der Waals surface area contributed by atoms with Crippen LogP contribution in [0.5, 0.6) is 0 Å². The minimum absolute atomic E-state index is 0.0191. The van der Waals surface area contributed by atoms with Gasteiger partial charge in [0.15, 0.2) is 12.1 Å². The zero-order valence-electron chi connectivity index (χ0n) is 19.1. The molecule has 1 saturated heterocycles. The first kappa shape index (κ1) is 23.0. The second-order valence-electron chi connectivity index (χ2n) is 8.85. The molecule has 0 spiro atoms. The molecule has 0 bridgehead atoms. The van der Waals surface area contributed by atoms with Gasteiger partial charge in [-0.3, -0.25) is 0 Å². The van der Waals surface area contributed by atoms with E-state index in [1.807, 2.05) is 0 Å². The van der Waals surface area contributed by atoms with E-state index >= 15 is 4.39 Å². The molecule has 4 aromatic rings. The third-order valence-electron chi connectivity index (χ3n) is 5.88. The summed E-state index contributed by atoms with van der Waals surface area (Å²) in [7, 11) is 0. The maximum atomic E-state index is 15.1. The van der Waals surface area contributed by atoms with Gasteiger partial charge < -0.3 is 15.8 Å². The molecular weight excluding hydrogens is 463 g/mol. The number of nitrogens with one attached hydrogen (secondary N) is 1. The molecule has 1 aliphatic rings. The third kappa shape index (κ3) is 4.50. The molecule has 10 nitrogen and oxygen atoms in total. The molecule has 0 saturated carbocycles. The topological polar surface area (TPSA) is 122 Å². The number of halogens is 3. The van der Waals surface area contributed by atoms with E-state index < -0.39 is 17.9 Å². The normalized spacial score (nSPS) is 16.8. The van der Waals surface area contributed by atoms with Gasteiger partial charge in [0, 0.05) is 18.2 Å². The van der Waals surface area contributed by atoms with E-state index in [1.54, 1.807) is 30.8 Å². The highest BCUT2D eigenvalue weighted by atomic mass is 19.3. The Bertz CT molecular complexity index is 1360. The fourth-order valence-corrected chi connectivity index (χ4v) is 4.08. The highest BCUT2D eigenvalue weighted by Crippen LogP contribution is 2.31. The number of hydrogen-bond donors (Lipinski definition) is 2. The van der Waals surface area contributed by atoms with Crippen LogP contribution in [0, 0.1) is 5.82 Å². The summed E-state index contributed by atoms with van der Waals surface area (Å²) < 4.78 is 49.1. The molecule has 1 unspecified atom stereocenters. The molecule has 0 amide bonds. The standard InChI is InChI=1S/C22H24F3N9O/c1-22(2,16-6-7-33(32-16)19(24)25)31-21-29-18(28-20(26)30-21)13-10-15-12(9-14(13)23)11-27-34(15)17-5-3-4-8-35-17/h6-7,9-11,17,19H,3-5,8H2,1-2H3,(H3,26,28,29,30,31). The van der Waals surface area contributed by atoms with Crippen molar-refractivity contribution in [2.75, 3.05) is 17.7 Å². The summed E-state index contributed by atoms with van der Waals surface area (Å²) in [5, 5.41) is 11.9. The Morgan fingerprint density at radius 2 is 2.03 bits per heavy atom. The van der Waals surface area contributed by atoms with E-state index in [4.69, 9.17) is 10.5 Å². The molecule has 5 rings (SSSR count). The largest absolute Gasteiger partial charge is 0.368 e. The number of aromatic nitrogens is 7. The van der Waals surface area contributed by atoms with Crippen molar-refractivity contribution in [3.8, 4) is 11.4 Å². The minimum atomic E-state index is -2.76. The van der Waals surface area contributed by atoms with E-state index in [-0.39, 0.29) is 29.5 Å². The van der Waals surface area contributed by atoms with Gasteiger partial charge in [0.1, 0.15) is 5.82 Å². The highest BCUT2D eigenvalue weighted by molar-refractivity contribution is 5.84. The molecule has 1 atom stereocenters. The molecular formula is C22H24F3N9O. The van der Waals surface area contributed by atoms with Gasteiger partial charge in [-0.25, -0.2) is 13.8 Å². The number of nitrogens with zero attached hydrogens (tertiary/aromatic N) is 7. The Morgan fingerprint density at radius 1 is 1.20 bits per heavy atom. The van der Waals surface area contributed by atoms with Crippen LogP contribution in [0.25, 0.3) is 22.3 Å². The molecule has 35 heavy (non-hydrogen) atoms. The Morgan fingerprint density at radius 3 is 2.74 bits per heavy atom. The number of nitrogen functional groups attached to an aromatic ring is 1. The van der Waals surface area contributed by atoms with Gasteiger partial charge in [-0.1, -0.05) is 0 Å². The van der Waals surface area contributed by atoms with Crippen molar-refractivity contribution >= 4 is 22.8 Å². The molecule has 3 aromatic heterocycles. The van der Waals surface area contributed by atoms with Crippen LogP contribution in [0.4, 0.5) is 25.1 Å². The van der Waals surface area contributed by atoms with Crippen LogP contribution in [-0.2, 0) is 10.3 Å². The van der Waals surface area contributed by atoms with Crippen molar-refractivity contribution in [1.29, 1.82) is 0 Å². The van der Waals surface area contributed by atoms with E-state index in [9.17, 15) is 8.78 Å². The lowest BCUT2D eigenvalue weighted by Gasteiger charge is -2.24. The van der Waals surface area contributed by atoms with Gasteiger partial charge >= 0.3 is 6.55 Å². The lowest BCUT2D eigenvalue weighted by Crippen LogP contribution is -2.30. The van der Waals surface area contributed by atoms with Gasteiger partial charge in [-0.05, 0) is 51.3 Å². The second kappa shape index (κ2) is 8.80. The Hall–Kier alpha value is -3.74. The van der Waals surface area contributed by atoms with Gasteiger partial charge in [0.2, 0.25) is 11.9 Å². The number of fused-ring (bicyclic) bond motifs is 1. The van der Waals surface area contributed by atoms with Gasteiger partial charge in [-0.2, -0.15) is 33.9 Å². The van der Waals surface area contributed by atoms with Crippen LogP contribution in [-0.4, -0.2) is 41.1 Å². The van der Waals surface area contributed by atoms with Crippen molar-refractivity contribution in [3.05, 3.63) is 42.1 Å². The molecule has 0 aliphatic carbocycles. The van der Waals surface area contributed by atoms with Gasteiger partial charge in [0.05, 0.1) is 28.5 Å². The number of nitrogens with two attached hydrogens (primary N) is 1. The van der Waals surface area contributed by atoms with Crippen LogP contribution in [0.2, 0.25) is 0 Å². The zero-order chi connectivity index (χ0) is 24.7. The van der Waals surface area contributed by atoms with Crippen molar-refractivity contribution in [2.45, 2.75) is 51.4 Å². The van der Waals surface area contributed by atoms with Crippen LogP contribution in [0.3, 0.4) is 0 Å². The third-order valence-corrected chi connectivity index (χ3v) is 5.88. The maximum absolute atomic E-state index is 15.1. The first-order chi connectivity index (χ1) is 16.7. The maximum Gasteiger partial charge on any atom is 0.333 e. The number of anilines is 2. The lowest BCUT2D eigenvalue weighted by atomic mass is 10.0.